The van der Waals surface area contributed by atoms with Gasteiger partial charge in [0.1, 0.15) is 5.82 Å². The smallest absolute Gasteiger partial charge is 0.237 e. The van der Waals surface area contributed by atoms with Crippen molar-refractivity contribution in [2.75, 3.05) is 5.32 Å². The number of hydrogen-bond acceptors (Lipinski definition) is 2. The predicted octanol–water partition coefficient (Wildman–Crippen LogP) is 2.59. The molecule has 3 nitrogen and oxygen atoms in total. The summed E-state index contributed by atoms with van der Waals surface area (Å²) < 4.78 is 13.3. The third kappa shape index (κ3) is 2.32. The van der Waals surface area contributed by atoms with Gasteiger partial charge in [-0.1, -0.05) is 12.2 Å². The molecular weight excluding hydrogens is 307 g/mol. The van der Waals surface area contributed by atoms with Crippen LogP contribution < -0.4 is 11.1 Å². The third-order valence-corrected chi connectivity index (χ3v) is 3.83. The number of nitrogens with two attached hydrogens (primary N) is 1. The Hall–Kier alpha value is -1.01. The largest absolute Gasteiger partial charge is 0.392 e. The average molecular weight is 317 g/mol. The lowest BCUT2D eigenvalue weighted by Gasteiger charge is -2.13. The van der Waals surface area contributed by atoms with Crippen molar-refractivity contribution < 1.29 is 9.18 Å². The number of carbonyl (C=O) groups is 1. The molecule has 6 heteroatoms. The van der Waals surface area contributed by atoms with E-state index in [1.165, 1.54) is 18.2 Å². The summed E-state index contributed by atoms with van der Waals surface area (Å²) in [5, 5.41) is 2.69. The van der Waals surface area contributed by atoms with Crippen LogP contribution >= 0.6 is 28.1 Å². The maximum Gasteiger partial charge on any atom is 0.237 e. The molecule has 1 aliphatic carbocycles. The fourth-order valence-corrected chi connectivity index (χ4v) is 2.21. The molecule has 1 aromatic carbocycles. The molecule has 0 atom stereocenters. The first kappa shape index (κ1) is 12.4. The van der Waals surface area contributed by atoms with E-state index in [1.54, 1.807) is 0 Å². The fraction of sp³-hybridized carbons (Fsp3) is 0.273. The molecule has 0 radical (unpaired) electrons. The van der Waals surface area contributed by atoms with Crippen LogP contribution in [0.15, 0.2) is 22.7 Å². The summed E-state index contributed by atoms with van der Waals surface area (Å²) >= 11 is 7.94. The summed E-state index contributed by atoms with van der Waals surface area (Å²) in [4.78, 5) is 12.2. The summed E-state index contributed by atoms with van der Waals surface area (Å²) in [7, 11) is 0. The summed E-state index contributed by atoms with van der Waals surface area (Å²) in [6.07, 6.45) is 1.35. The summed E-state index contributed by atoms with van der Waals surface area (Å²) in [6, 6.07) is 4.27. The fourth-order valence-electron chi connectivity index (χ4n) is 1.53. The highest BCUT2D eigenvalue weighted by atomic mass is 79.9. The second-order valence-electron chi connectivity index (χ2n) is 4.03. The maximum atomic E-state index is 13.0. The first-order valence-corrected chi connectivity index (χ1v) is 6.22. The number of halogens is 2. The second-order valence-corrected chi connectivity index (χ2v) is 5.32. The van der Waals surface area contributed by atoms with E-state index < -0.39 is 5.41 Å². The van der Waals surface area contributed by atoms with Crippen LogP contribution in [0, 0.1) is 11.2 Å². The molecule has 2 rings (SSSR count). The Morgan fingerprint density at radius 3 is 2.65 bits per heavy atom. The number of hydrogen-bond donors (Lipinski definition) is 2. The van der Waals surface area contributed by atoms with E-state index in [4.69, 9.17) is 18.0 Å². The Balaban J connectivity index is 2.14. The number of carbonyl (C=O) groups excluding carboxylic acids is 1. The van der Waals surface area contributed by atoms with Crippen LogP contribution in [-0.4, -0.2) is 10.9 Å². The van der Waals surface area contributed by atoms with Gasteiger partial charge < -0.3 is 11.1 Å². The van der Waals surface area contributed by atoms with E-state index >= 15 is 0 Å². The van der Waals surface area contributed by atoms with Crippen LogP contribution in [-0.2, 0) is 4.79 Å². The molecule has 1 amide bonds. The van der Waals surface area contributed by atoms with Crippen molar-refractivity contribution in [1.82, 2.24) is 0 Å². The molecular formula is C11H10BrFN2OS. The highest BCUT2D eigenvalue weighted by Gasteiger charge is 2.52. The monoisotopic (exact) mass is 316 g/mol. The van der Waals surface area contributed by atoms with E-state index in [0.29, 0.717) is 23.0 Å². The van der Waals surface area contributed by atoms with E-state index in [9.17, 15) is 9.18 Å². The van der Waals surface area contributed by atoms with Crippen molar-refractivity contribution in [3.05, 3.63) is 28.5 Å². The maximum absolute atomic E-state index is 13.0. The van der Waals surface area contributed by atoms with Crippen LogP contribution in [0.4, 0.5) is 10.1 Å². The quantitative estimate of drug-likeness (QED) is 0.843. The van der Waals surface area contributed by atoms with E-state index in [1.807, 2.05) is 0 Å². The average Bonchev–Trinajstić information content (AvgIpc) is 3.04. The first-order valence-electron chi connectivity index (χ1n) is 5.02. The standard InChI is InChI=1S/C11H10BrFN2OS/c12-7-5-6(1-2-8(7)13)15-10(16)11(3-4-11)9(14)17/h1-2,5H,3-4H2,(H2,14,17)(H,15,16). The molecule has 17 heavy (non-hydrogen) atoms. The topological polar surface area (TPSA) is 55.1 Å². The van der Waals surface area contributed by atoms with Gasteiger partial charge in [-0.05, 0) is 47.0 Å². The minimum Gasteiger partial charge on any atom is -0.392 e. The summed E-state index contributed by atoms with van der Waals surface area (Å²) in [5.74, 6) is -0.595. The molecule has 0 bridgehead atoms. The van der Waals surface area contributed by atoms with Gasteiger partial charge in [0.25, 0.3) is 0 Å². The molecule has 1 saturated carbocycles. The minimum atomic E-state index is -0.698. The van der Waals surface area contributed by atoms with Crippen molar-refractivity contribution in [3.8, 4) is 0 Å². The number of rotatable bonds is 3. The minimum absolute atomic E-state index is 0.219. The molecule has 0 unspecified atom stereocenters. The molecule has 1 fully saturated rings. The Morgan fingerprint density at radius 1 is 1.53 bits per heavy atom. The van der Waals surface area contributed by atoms with Crippen LogP contribution in [0.5, 0.6) is 0 Å². The first-order chi connectivity index (χ1) is 7.95. The highest BCUT2D eigenvalue weighted by molar-refractivity contribution is 9.10. The van der Waals surface area contributed by atoms with Gasteiger partial charge in [-0.3, -0.25) is 4.79 Å². The van der Waals surface area contributed by atoms with Crippen LogP contribution in [0.2, 0.25) is 0 Å². The van der Waals surface area contributed by atoms with Gasteiger partial charge in [0.05, 0.1) is 14.9 Å². The van der Waals surface area contributed by atoms with Gasteiger partial charge in [-0.25, -0.2) is 4.39 Å². The predicted molar refractivity (Wildman–Crippen MR) is 71.2 cm³/mol. The summed E-state index contributed by atoms with van der Waals surface area (Å²) in [6.45, 7) is 0. The van der Waals surface area contributed by atoms with Crippen molar-refractivity contribution in [2.24, 2.45) is 11.1 Å². The van der Waals surface area contributed by atoms with E-state index in [2.05, 4.69) is 21.2 Å². The Labute approximate surface area is 112 Å². The number of anilines is 1. The van der Waals surface area contributed by atoms with Crippen molar-refractivity contribution in [3.63, 3.8) is 0 Å². The molecule has 1 aliphatic rings. The molecule has 1 aromatic rings. The van der Waals surface area contributed by atoms with E-state index in [0.717, 1.165) is 0 Å². The summed E-state index contributed by atoms with van der Waals surface area (Å²) in [5.41, 5.74) is 5.36. The molecule has 90 valence electrons. The molecule has 0 spiro atoms. The van der Waals surface area contributed by atoms with Gasteiger partial charge in [0, 0.05) is 5.69 Å². The number of amides is 1. The number of nitrogens with one attached hydrogen (secondary N) is 1. The Kier molecular flexibility index (Phi) is 3.18. The van der Waals surface area contributed by atoms with Crippen LogP contribution in [0.25, 0.3) is 0 Å². The van der Waals surface area contributed by atoms with Gasteiger partial charge in [0.2, 0.25) is 5.91 Å². The normalized spacial score (nSPS) is 16.4. The lowest BCUT2D eigenvalue weighted by Crippen LogP contribution is -2.35. The molecule has 0 saturated heterocycles. The van der Waals surface area contributed by atoms with Crippen LogP contribution in [0.1, 0.15) is 12.8 Å². The van der Waals surface area contributed by atoms with Crippen molar-refractivity contribution in [2.45, 2.75) is 12.8 Å². The number of benzene rings is 1. The zero-order valence-corrected chi connectivity index (χ0v) is 11.2. The van der Waals surface area contributed by atoms with Crippen molar-refractivity contribution in [1.29, 1.82) is 0 Å². The molecule has 0 aromatic heterocycles. The van der Waals surface area contributed by atoms with Gasteiger partial charge >= 0.3 is 0 Å². The van der Waals surface area contributed by atoms with Crippen LogP contribution in [0.3, 0.4) is 0 Å². The SMILES string of the molecule is NC(=S)C1(C(=O)Nc2ccc(F)c(Br)c2)CC1. The molecule has 3 N–H and O–H groups in total. The second kappa shape index (κ2) is 4.34. The lowest BCUT2D eigenvalue weighted by molar-refractivity contribution is -0.118. The zero-order valence-electron chi connectivity index (χ0n) is 8.80. The van der Waals surface area contributed by atoms with Gasteiger partial charge in [0.15, 0.2) is 0 Å². The third-order valence-electron chi connectivity index (χ3n) is 2.83. The Bertz CT molecular complexity index is 502. The Morgan fingerprint density at radius 2 is 2.18 bits per heavy atom. The lowest BCUT2D eigenvalue weighted by atomic mass is 10.1. The zero-order chi connectivity index (χ0) is 12.6. The van der Waals surface area contributed by atoms with E-state index in [-0.39, 0.29) is 16.7 Å². The molecule has 0 heterocycles. The van der Waals surface area contributed by atoms with Gasteiger partial charge in [-0.2, -0.15) is 0 Å². The molecule has 0 aliphatic heterocycles. The number of thiocarbonyl (C=S) groups is 1. The van der Waals surface area contributed by atoms with Crippen molar-refractivity contribution >= 4 is 44.7 Å². The highest BCUT2D eigenvalue weighted by Crippen LogP contribution is 2.46. The van der Waals surface area contributed by atoms with Gasteiger partial charge in [-0.15, -0.1) is 0 Å².